The molecule has 4 aromatic rings. The Bertz CT molecular complexity index is 1450. The summed E-state index contributed by atoms with van der Waals surface area (Å²) in [4.78, 5) is 20.6. The molecule has 1 amide bonds. The summed E-state index contributed by atoms with van der Waals surface area (Å²) in [5, 5.41) is 0.512. The molecule has 2 heterocycles. The molecule has 39 heavy (non-hydrogen) atoms. The Kier molecular flexibility index (Phi) is 8.58. The van der Waals surface area contributed by atoms with Crippen LogP contribution in [0.1, 0.15) is 46.8 Å². The van der Waals surface area contributed by atoms with Gasteiger partial charge in [0.2, 0.25) is 0 Å². The third-order valence-corrected chi connectivity index (χ3v) is 9.18. The molecule has 1 aromatic heterocycles. The lowest BCUT2D eigenvalue weighted by molar-refractivity contribution is 0.0617. The third-order valence-electron chi connectivity index (χ3n) is 7.48. The first kappa shape index (κ1) is 27.3. The van der Waals surface area contributed by atoms with Crippen LogP contribution in [0.5, 0.6) is 0 Å². The van der Waals surface area contributed by atoms with Crippen molar-refractivity contribution in [3.8, 4) is 0 Å². The minimum absolute atomic E-state index is 0.0512. The van der Waals surface area contributed by atoms with E-state index in [2.05, 4.69) is 22.8 Å². The van der Waals surface area contributed by atoms with Gasteiger partial charge in [-0.2, -0.15) is 0 Å². The number of aromatic nitrogens is 2. The summed E-state index contributed by atoms with van der Waals surface area (Å²) in [6, 6.07) is 24.2. The lowest BCUT2D eigenvalue weighted by Gasteiger charge is -2.39. The lowest BCUT2D eigenvalue weighted by Crippen LogP contribution is -2.49. The Morgan fingerprint density at radius 3 is 2.49 bits per heavy atom. The molecule has 0 bridgehead atoms. The number of para-hydroxylation sites is 2. The van der Waals surface area contributed by atoms with Gasteiger partial charge in [0.05, 0.1) is 28.4 Å². The molecule has 1 saturated heterocycles. The van der Waals surface area contributed by atoms with Crippen LogP contribution in [0, 0.1) is 13.8 Å². The number of ether oxygens (including phenoxy) is 1. The van der Waals surface area contributed by atoms with Crippen LogP contribution in [0.4, 0.5) is 0 Å². The van der Waals surface area contributed by atoms with E-state index in [1.54, 1.807) is 0 Å². The first-order valence-electron chi connectivity index (χ1n) is 13.8. The highest BCUT2D eigenvalue weighted by atomic mass is 32.2. The average molecular weight is 544 g/mol. The van der Waals surface area contributed by atoms with Crippen molar-refractivity contribution < 1.29 is 13.7 Å². The maximum absolute atomic E-state index is 14.1. The number of nitrogens with zero attached hydrogens (tertiary/aromatic N) is 3. The van der Waals surface area contributed by atoms with Crippen molar-refractivity contribution in [3.63, 3.8) is 0 Å². The summed E-state index contributed by atoms with van der Waals surface area (Å²) < 4.78 is 21.8. The van der Waals surface area contributed by atoms with Crippen LogP contribution in [0.15, 0.2) is 78.0 Å². The zero-order valence-electron chi connectivity index (χ0n) is 23.0. The predicted molar refractivity (Wildman–Crippen MR) is 157 cm³/mol. The van der Waals surface area contributed by atoms with Gasteiger partial charge in [0.25, 0.3) is 5.91 Å². The summed E-state index contributed by atoms with van der Waals surface area (Å²) in [6.45, 7) is 8.38. The van der Waals surface area contributed by atoms with E-state index in [0.717, 1.165) is 34.1 Å². The quantitative estimate of drug-likeness (QED) is 0.254. The van der Waals surface area contributed by atoms with Crippen molar-refractivity contribution in [2.75, 3.05) is 19.8 Å². The fraction of sp³-hybridized carbons (Fsp3) is 0.375. The molecule has 1 fully saturated rings. The molecule has 1 aliphatic heterocycles. The highest BCUT2D eigenvalue weighted by Crippen LogP contribution is 2.30. The predicted octanol–water partition coefficient (Wildman–Crippen LogP) is 5.71. The molecule has 3 atom stereocenters. The van der Waals surface area contributed by atoms with Gasteiger partial charge in [0.15, 0.2) is 5.16 Å². The molecule has 6 nitrogen and oxygen atoms in total. The molecule has 0 spiro atoms. The van der Waals surface area contributed by atoms with Crippen molar-refractivity contribution in [2.45, 2.75) is 63.0 Å². The first-order chi connectivity index (χ1) is 18.9. The van der Waals surface area contributed by atoms with E-state index in [0.29, 0.717) is 44.3 Å². The Morgan fingerprint density at radius 1 is 1.03 bits per heavy atom. The fourth-order valence-corrected chi connectivity index (χ4v) is 7.30. The standard InChI is InChI=1S/C32H37N3O3S/c1-4-38-17-16-35-30-13-9-8-12-29(30)33-32(35)39(37)28-14-15-34(27(22-28)21-25-10-6-5-7-11-25)31(36)26-19-23(2)18-24(3)20-26/h5-13,18-20,27-28H,4,14-17,21-22H2,1-3H3. The highest BCUT2D eigenvalue weighted by molar-refractivity contribution is 7.85. The largest absolute Gasteiger partial charge is 0.380 e. The number of piperidine rings is 1. The fourth-order valence-electron chi connectivity index (χ4n) is 5.69. The summed E-state index contributed by atoms with van der Waals surface area (Å²) in [5.74, 6) is 0.0518. The molecule has 0 N–H and O–H groups in total. The lowest BCUT2D eigenvalue weighted by atomic mass is 9.94. The van der Waals surface area contributed by atoms with E-state index in [1.165, 1.54) is 5.56 Å². The van der Waals surface area contributed by atoms with E-state index >= 15 is 0 Å². The summed E-state index contributed by atoms with van der Waals surface area (Å²) in [7, 11) is -1.32. The van der Waals surface area contributed by atoms with Crippen LogP contribution >= 0.6 is 0 Å². The summed E-state index contributed by atoms with van der Waals surface area (Å²) >= 11 is 0. The normalized spacial score (nSPS) is 18.4. The Morgan fingerprint density at radius 2 is 1.74 bits per heavy atom. The molecular weight excluding hydrogens is 506 g/mol. The molecular formula is C32H37N3O3S. The smallest absolute Gasteiger partial charge is 0.254 e. The molecule has 0 radical (unpaired) electrons. The van der Waals surface area contributed by atoms with Gasteiger partial charge in [-0.25, -0.2) is 4.98 Å². The maximum atomic E-state index is 14.1. The number of imidazole rings is 1. The Hall–Kier alpha value is -3.29. The number of hydrogen-bond acceptors (Lipinski definition) is 4. The van der Waals surface area contributed by atoms with Gasteiger partial charge in [0.1, 0.15) is 0 Å². The zero-order chi connectivity index (χ0) is 27.4. The van der Waals surface area contributed by atoms with Gasteiger partial charge in [-0.3, -0.25) is 9.00 Å². The van der Waals surface area contributed by atoms with E-state index in [9.17, 15) is 9.00 Å². The van der Waals surface area contributed by atoms with Crippen LogP contribution in [0.3, 0.4) is 0 Å². The van der Waals surface area contributed by atoms with E-state index in [1.807, 2.05) is 80.3 Å². The molecule has 7 heteroatoms. The Balaban J connectivity index is 1.44. The molecule has 0 aliphatic carbocycles. The Labute approximate surface area is 233 Å². The number of rotatable bonds is 9. The van der Waals surface area contributed by atoms with E-state index in [4.69, 9.17) is 9.72 Å². The third kappa shape index (κ3) is 6.15. The SMILES string of the molecule is CCOCCn1c(S(=O)C2CCN(C(=O)c3cc(C)cc(C)c3)C(Cc3ccccc3)C2)nc2ccccc21. The second-order valence-electron chi connectivity index (χ2n) is 10.4. The molecule has 3 unspecified atom stereocenters. The summed E-state index contributed by atoms with van der Waals surface area (Å²) in [5.41, 5.74) is 5.89. The molecule has 0 saturated carbocycles. The molecule has 204 valence electrons. The van der Waals surface area contributed by atoms with Crippen LogP contribution < -0.4 is 0 Å². The van der Waals surface area contributed by atoms with Crippen molar-refractivity contribution in [2.24, 2.45) is 0 Å². The van der Waals surface area contributed by atoms with Gasteiger partial charge in [0, 0.05) is 36.6 Å². The summed E-state index contributed by atoms with van der Waals surface area (Å²) in [6.07, 6.45) is 2.06. The molecule has 1 aliphatic rings. The van der Waals surface area contributed by atoms with Crippen molar-refractivity contribution in [3.05, 3.63) is 95.1 Å². The topological polar surface area (TPSA) is 64.4 Å². The van der Waals surface area contributed by atoms with Gasteiger partial charge in [-0.15, -0.1) is 0 Å². The van der Waals surface area contributed by atoms with Crippen molar-refractivity contribution in [1.29, 1.82) is 0 Å². The monoisotopic (exact) mass is 543 g/mol. The van der Waals surface area contributed by atoms with Crippen LogP contribution in [0.25, 0.3) is 11.0 Å². The number of fused-ring (bicyclic) bond motifs is 1. The number of likely N-dealkylation sites (tertiary alicyclic amines) is 1. The number of benzene rings is 3. The highest BCUT2D eigenvalue weighted by Gasteiger charge is 2.36. The first-order valence-corrected chi connectivity index (χ1v) is 15.0. The average Bonchev–Trinajstić information content (AvgIpc) is 3.31. The van der Waals surface area contributed by atoms with Gasteiger partial charge >= 0.3 is 0 Å². The number of aryl methyl sites for hydroxylation is 2. The maximum Gasteiger partial charge on any atom is 0.254 e. The number of hydrogen-bond donors (Lipinski definition) is 0. The number of carbonyl (C=O) groups excluding carboxylic acids is 1. The van der Waals surface area contributed by atoms with Gasteiger partial charge < -0.3 is 14.2 Å². The van der Waals surface area contributed by atoms with Crippen LogP contribution in [-0.2, 0) is 28.5 Å². The van der Waals surface area contributed by atoms with E-state index in [-0.39, 0.29) is 17.2 Å². The van der Waals surface area contributed by atoms with Gasteiger partial charge in [-0.05, 0) is 69.9 Å². The number of amides is 1. The zero-order valence-corrected chi connectivity index (χ0v) is 23.8. The van der Waals surface area contributed by atoms with Crippen LogP contribution in [-0.4, -0.2) is 55.6 Å². The van der Waals surface area contributed by atoms with Crippen molar-refractivity contribution >= 4 is 27.7 Å². The minimum Gasteiger partial charge on any atom is -0.380 e. The van der Waals surface area contributed by atoms with Crippen LogP contribution in [0.2, 0.25) is 0 Å². The van der Waals surface area contributed by atoms with Crippen molar-refractivity contribution in [1.82, 2.24) is 14.5 Å². The second kappa shape index (κ2) is 12.3. The molecule has 5 rings (SSSR count). The molecule has 3 aromatic carbocycles. The van der Waals surface area contributed by atoms with Gasteiger partial charge in [-0.1, -0.05) is 59.7 Å². The second-order valence-corrected chi connectivity index (χ2v) is 12.0. The minimum atomic E-state index is -1.32. The number of carbonyl (C=O) groups is 1. The van der Waals surface area contributed by atoms with E-state index < -0.39 is 10.8 Å².